The van der Waals surface area contributed by atoms with E-state index in [4.69, 9.17) is 0 Å². The first-order valence-corrected chi connectivity index (χ1v) is 13.5. The van der Waals surface area contributed by atoms with Crippen LogP contribution in [0.3, 0.4) is 0 Å². The standard InChI is InChI=1S/C25H22N2O4S2/c28-32(29,25-14-6-9-19-8-4-5-13-23(19)25)26-21-15-16-24-20(18-21)10-7-17-27(24)33(30,31)22-11-2-1-3-12-22/h1-6,8-9,11-16,18,26H,7,10,17H2. The van der Waals surface area contributed by atoms with Gasteiger partial charge in [-0.2, -0.15) is 0 Å². The van der Waals surface area contributed by atoms with E-state index < -0.39 is 20.0 Å². The molecule has 33 heavy (non-hydrogen) atoms. The molecule has 4 aromatic carbocycles. The van der Waals surface area contributed by atoms with Gasteiger partial charge in [0.2, 0.25) is 0 Å². The summed E-state index contributed by atoms with van der Waals surface area (Å²) < 4.78 is 56.8. The zero-order chi connectivity index (χ0) is 23.1. The molecule has 0 aromatic heterocycles. The van der Waals surface area contributed by atoms with Gasteiger partial charge in [-0.15, -0.1) is 0 Å². The molecular weight excluding hydrogens is 456 g/mol. The van der Waals surface area contributed by atoms with Gasteiger partial charge in [0.15, 0.2) is 0 Å². The van der Waals surface area contributed by atoms with Crippen molar-refractivity contribution in [3.8, 4) is 0 Å². The number of nitrogens with one attached hydrogen (secondary N) is 1. The normalized spacial score (nSPS) is 14.1. The maximum absolute atomic E-state index is 13.2. The minimum Gasteiger partial charge on any atom is -0.280 e. The van der Waals surface area contributed by atoms with Crippen molar-refractivity contribution in [1.82, 2.24) is 0 Å². The Hall–Kier alpha value is -3.36. The Balaban J connectivity index is 1.49. The average molecular weight is 479 g/mol. The van der Waals surface area contributed by atoms with Crippen molar-refractivity contribution in [3.05, 3.63) is 96.6 Å². The summed E-state index contributed by atoms with van der Waals surface area (Å²) in [7, 11) is -7.53. The Kier molecular flexibility index (Phi) is 5.34. The quantitative estimate of drug-likeness (QED) is 0.447. The number of aryl methyl sites for hydroxylation is 1. The summed E-state index contributed by atoms with van der Waals surface area (Å²) in [5, 5.41) is 1.48. The van der Waals surface area contributed by atoms with Crippen molar-refractivity contribution in [2.75, 3.05) is 15.6 Å². The summed E-state index contributed by atoms with van der Waals surface area (Å²) in [5.74, 6) is 0. The summed E-state index contributed by atoms with van der Waals surface area (Å²) in [4.78, 5) is 0.435. The molecule has 0 fully saturated rings. The second-order valence-corrected chi connectivity index (χ2v) is 11.4. The second kappa shape index (κ2) is 8.20. The molecule has 0 atom stereocenters. The van der Waals surface area contributed by atoms with Crippen LogP contribution >= 0.6 is 0 Å². The summed E-state index contributed by atoms with van der Waals surface area (Å²) in [6.45, 7) is 0.380. The lowest BCUT2D eigenvalue weighted by Gasteiger charge is -2.31. The van der Waals surface area contributed by atoms with E-state index in [9.17, 15) is 16.8 Å². The van der Waals surface area contributed by atoms with E-state index >= 15 is 0 Å². The van der Waals surface area contributed by atoms with Crippen LogP contribution in [0, 0.1) is 0 Å². The van der Waals surface area contributed by atoms with Gasteiger partial charge in [-0.1, -0.05) is 54.6 Å². The van der Waals surface area contributed by atoms with E-state index in [0.717, 1.165) is 10.9 Å². The number of rotatable bonds is 5. The first-order chi connectivity index (χ1) is 15.9. The Labute approximate surface area is 193 Å². The zero-order valence-corrected chi connectivity index (χ0v) is 19.3. The van der Waals surface area contributed by atoms with Crippen molar-refractivity contribution in [1.29, 1.82) is 0 Å². The highest BCUT2D eigenvalue weighted by molar-refractivity contribution is 7.93. The topological polar surface area (TPSA) is 83.6 Å². The number of nitrogens with zero attached hydrogens (tertiary/aromatic N) is 1. The van der Waals surface area contributed by atoms with Crippen LogP contribution in [-0.2, 0) is 26.5 Å². The number of fused-ring (bicyclic) bond motifs is 2. The maximum atomic E-state index is 13.2. The highest BCUT2D eigenvalue weighted by Gasteiger charge is 2.29. The van der Waals surface area contributed by atoms with Crippen LogP contribution < -0.4 is 9.03 Å². The zero-order valence-electron chi connectivity index (χ0n) is 17.7. The van der Waals surface area contributed by atoms with E-state index in [1.54, 1.807) is 66.7 Å². The third-order valence-corrected chi connectivity index (χ3v) is 9.04. The van der Waals surface area contributed by atoms with Gasteiger partial charge in [0.05, 0.1) is 15.5 Å². The van der Waals surface area contributed by atoms with Crippen LogP contribution in [0.1, 0.15) is 12.0 Å². The molecule has 6 nitrogen and oxygen atoms in total. The third kappa shape index (κ3) is 3.96. The first-order valence-electron chi connectivity index (χ1n) is 10.6. The Bertz CT molecular complexity index is 1540. The molecular formula is C25H22N2O4S2. The van der Waals surface area contributed by atoms with Crippen molar-refractivity contribution < 1.29 is 16.8 Å². The smallest absolute Gasteiger partial charge is 0.264 e. The number of hydrogen-bond acceptors (Lipinski definition) is 4. The molecule has 1 heterocycles. The number of anilines is 2. The number of hydrogen-bond donors (Lipinski definition) is 1. The highest BCUT2D eigenvalue weighted by atomic mass is 32.2. The fraction of sp³-hybridized carbons (Fsp3) is 0.120. The monoisotopic (exact) mass is 478 g/mol. The molecule has 1 N–H and O–H groups in total. The van der Waals surface area contributed by atoms with Crippen LogP contribution in [-0.4, -0.2) is 23.4 Å². The van der Waals surface area contributed by atoms with E-state index in [-0.39, 0.29) is 9.79 Å². The van der Waals surface area contributed by atoms with E-state index in [1.807, 2.05) is 24.3 Å². The van der Waals surface area contributed by atoms with E-state index in [0.29, 0.717) is 36.1 Å². The van der Waals surface area contributed by atoms with Crippen LogP contribution in [0.5, 0.6) is 0 Å². The Morgan fingerprint density at radius 3 is 2.30 bits per heavy atom. The SMILES string of the molecule is O=S(=O)(Nc1ccc2c(c1)CCCN2S(=O)(=O)c1ccccc1)c1cccc2ccccc12. The predicted molar refractivity (Wildman–Crippen MR) is 130 cm³/mol. The van der Waals surface area contributed by atoms with Crippen LogP contribution in [0.2, 0.25) is 0 Å². The largest absolute Gasteiger partial charge is 0.280 e. The van der Waals surface area contributed by atoms with Crippen LogP contribution in [0.25, 0.3) is 10.8 Å². The molecule has 0 bridgehead atoms. The van der Waals surface area contributed by atoms with Crippen molar-refractivity contribution in [2.45, 2.75) is 22.6 Å². The fourth-order valence-corrected chi connectivity index (χ4v) is 7.08. The van der Waals surface area contributed by atoms with E-state index in [2.05, 4.69) is 4.72 Å². The number of sulfonamides is 2. The maximum Gasteiger partial charge on any atom is 0.264 e. The van der Waals surface area contributed by atoms with Gasteiger partial charge in [0.1, 0.15) is 0 Å². The predicted octanol–water partition coefficient (Wildman–Crippen LogP) is 4.78. The molecule has 0 unspecified atom stereocenters. The summed E-state index contributed by atoms with van der Waals surface area (Å²) in [6, 6.07) is 25.8. The van der Waals surface area contributed by atoms with Gasteiger partial charge >= 0.3 is 0 Å². The van der Waals surface area contributed by atoms with Crippen LogP contribution in [0.15, 0.2) is 101 Å². The fourth-order valence-electron chi connectivity index (χ4n) is 4.24. The first kappa shape index (κ1) is 21.5. The second-order valence-electron chi connectivity index (χ2n) is 7.92. The lowest BCUT2D eigenvalue weighted by molar-refractivity contribution is 0.586. The van der Waals surface area contributed by atoms with Crippen molar-refractivity contribution >= 4 is 42.2 Å². The summed E-state index contributed by atoms with van der Waals surface area (Å²) in [6.07, 6.45) is 1.32. The summed E-state index contributed by atoms with van der Waals surface area (Å²) in [5.41, 5.74) is 1.78. The molecule has 0 amide bonds. The van der Waals surface area contributed by atoms with E-state index in [1.165, 1.54) is 4.31 Å². The highest BCUT2D eigenvalue weighted by Crippen LogP contribution is 2.34. The Morgan fingerprint density at radius 1 is 0.758 bits per heavy atom. The van der Waals surface area contributed by atoms with Gasteiger partial charge in [0.25, 0.3) is 20.0 Å². The number of benzene rings is 4. The van der Waals surface area contributed by atoms with Gasteiger partial charge in [0, 0.05) is 17.6 Å². The molecule has 0 radical (unpaired) electrons. The van der Waals surface area contributed by atoms with Crippen molar-refractivity contribution in [2.24, 2.45) is 0 Å². The molecule has 0 aliphatic carbocycles. The van der Waals surface area contributed by atoms with Gasteiger partial charge < -0.3 is 0 Å². The third-order valence-electron chi connectivity index (χ3n) is 5.78. The van der Waals surface area contributed by atoms with Gasteiger partial charge in [-0.3, -0.25) is 9.03 Å². The Morgan fingerprint density at radius 2 is 1.48 bits per heavy atom. The molecule has 1 aliphatic heterocycles. The van der Waals surface area contributed by atoms with Crippen LogP contribution in [0.4, 0.5) is 11.4 Å². The average Bonchev–Trinajstić information content (AvgIpc) is 2.83. The molecule has 0 saturated heterocycles. The molecule has 1 aliphatic rings. The lowest BCUT2D eigenvalue weighted by Crippen LogP contribution is -2.35. The molecule has 0 saturated carbocycles. The minimum absolute atomic E-state index is 0.201. The molecule has 4 aromatic rings. The molecule has 5 rings (SSSR count). The molecule has 8 heteroatoms. The van der Waals surface area contributed by atoms with Gasteiger partial charge in [-0.25, -0.2) is 16.8 Å². The lowest BCUT2D eigenvalue weighted by atomic mass is 10.0. The molecule has 168 valence electrons. The molecule has 0 spiro atoms. The van der Waals surface area contributed by atoms with Crippen molar-refractivity contribution in [3.63, 3.8) is 0 Å². The minimum atomic E-state index is -3.83. The van der Waals surface area contributed by atoms with Gasteiger partial charge in [-0.05, 0) is 60.2 Å². The summed E-state index contributed by atoms with van der Waals surface area (Å²) >= 11 is 0.